The van der Waals surface area contributed by atoms with E-state index in [0.29, 0.717) is 6.42 Å². The molecule has 0 aliphatic heterocycles. The first-order chi connectivity index (χ1) is 9.51. The monoisotopic (exact) mass is 280 g/mol. The Morgan fingerprint density at radius 2 is 1.90 bits per heavy atom. The molecule has 0 spiro atoms. The molecular weight excluding hydrogens is 256 g/mol. The normalized spacial score (nSPS) is 10.6. The molecule has 0 saturated carbocycles. The Morgan fingerprint density at radius 3 is 2.45 bits per heavy atom. The summed E-state index contributed by atoms with van der Waals surface area (Å²) in [6.45, 7) is 6.08. The van der Waals surface area contributed by atoms with Crippen LogP contribution in [0.25, 0.3) is 0 Å². The predicted octanol–water partition coefficient (Wildman–Crippen LogP) is 4.44. The molecule has 0 aliphatic carbocycles. The van der Waals surface area contributed by atoms with Gasteiger partial charge in [0.25, 0.3) is 0 Å². The lowest BCUT2D eigenvalue weighted by molar-refractivity contribution is 0.142. The zero-order valence-corrected chi connectivity index (χ0v) is 12.5. The van der Waals surface area contributed by atoms with Crippen LogP contribution in [-0.4, -0.2) is 16.4 Å². The minimum absolute atomic E-state index is 0.00745. The van der Waals surface area contributed by atoms with Crippen molar-refractivity contribution in [2.75, 3.05) is 0 Å². The first-order valence-electron chi connectivity index (χ1n) is 7.26. The van der Waals surface area contributed by atoms with E-state index in [1.165, 1.54) is 0 Å². The van der Waals surface area contributed by atoms with E-state index in [1.54, 1.807) is 0 Å². The van der Waals surface area contributed by atoms with Gasteiger partial charge >= 0.3 is 6.16 Å². The van der Waals surface area contributed by atoms with E-state index in [0.717, 1.165) is 48.8 Å². The SMILES string of the molecule is CCCCCc1c(C)cc(CCC)c(OC(=O)O)c1O. The number of hydrogen-bond donors (Lipinski definition) is 2. The van der Waals surface area contributed by atoms with Crippen LogP contribution in [0, 0.1) is 6.92 Å². The molecule has 2 N–H and O–H groups in total. The van der Waals surface area contributed by atoms with E-state index in [-0.39, 0.29) is 11.5 Å². The number of ether oxygens (including phenoxy) is 1. The predicted molar refractivity (Wildman–Crippen MR) is 78.7 cm³/mol. The minimum atomic E-state index is -1.39. The maximum atomic E-state index is 10.8. The van der Waals surface area contributed by atoms with Gasteiger partial charge in [0.15, 0.2) is 11.5 Å². The standard InChI is InChI=1S/C16H24O4/c1-4-6-7-9-13-11(3)10-12(8-5-2)15(14(13)17)20-16(18)19/h10,17H,4-9H2,1-3H3,(H,18,19). The third kappa shape index (κ3) is 4.15. The van der Waals surface area contributed by atoms with Gasteiger partial charge in [-0.25, -0.2) is 4.79 Å². The third-order valence-electron chi connectivity index (χ3n) is 3.40. The van der Waals surface area contributed by atoms with Gasteiger partial charge in [-0.2, -0.15) is 0 Å². The quantitative estimate of drug-likeness (QED) is 0.440. The Labute approximate surface area is 120 Å². The Kier molecular flexibility index (Phi) is 6.36. The van der Waals surface area contributed by atoms with Crippen molar-refractivity contribution in [2.45, 2.75) is 59.3 Å². The number of rotatable bonds is 7. The molecule has 0 fully saturated rings. The summed E-state index contributed by atoms with van der Waals surface area (Å²) in [5.74, 6) is 0.100. The number of unbranched alkanes of at least 4 members (excludes halogenated alkanes) is 2. The summed E-state index contributed by atoms with van der Waals surface area (Å²) < 4.78 is 4.80. The largest absolute Gasteiger partial charge is 0.511 e. The zero-order valence-electron chi connectivity index (χ0n) is 12.5. The molecule has 0 aliphatic rings. The van der Waals surface area contributed by atoms with Gasteiger partial charge in [-0.3, -0.25) is 0 Å². The third-order valence-corrected chi connectivity index (χ3v) is 3.40. The van der Waals surface area contributed by atoms with Crippen molar-refractivity contribution in [3.8, 4) is 11.5 Å². The molecule has 0 heterocycles. The van der Waals surface area contributed by atoms with Gasteiger partial charge < -0.3 is 14.9 Å². The molecule has 0 unspecified atom stereocenters. The molecule has 0 saturated heterocycles. The van der Waals surface area contributed by atoms with Crippen molar-refractivity contribution in [3.05, 3.63) is 22.8 Å². The van der Waals surface area contributed by atoms with E-state index >= 15 is 0 Å². The fourth-order valence-electron chi connectivity index (χ4n) is 2.41. The highest BCUT2D eigenvalue weighted by atomic mass is 16.7. The second-order valence-corrected chi connectivity index (χ2v) is 5.08. The first-order valence-corrected chi connectivity index (χ1v) is 7.26. The van der Waals surface area contributed by atoms with E-state index in [9.17, 15) is 9.90 Å². The van der Waals surface area contributed by atoms with Gasteiger partial charge in [-0.1, -0.05) is 39.2 Å². The second-order valence-electron chi connectivity index (χ2n) is 5.08. The number of hydrogen-bond acceptors (Lipinski definition) is 3. The molecule has 0 amide bonds. The lowest BCUT2D eigenvalue weighted by Gasteiger charge is -2.16. The number of aromatic hydroxyl groups is 1. The van der Waals surface area contributed by atoms with Crippen LogP contribution in [0.2, 0.25) is 0 Å². The number of phenols is 1. The van der Waals surface area contributed by atoms with Crippen molar-refractivity contribution >= 4 is 6.16 Å². The summed E-state index contributed by atoms with van der Waals surface area (Å²) in [5.41, 5.74) is 2.55. The lowest BCUT2D eigenvalue weighted by Crippen LogP contribution is -2.07. The molecule has 112 valence electrons. The van der Waals surface area contributed by atoms with Gasteiger partial charge in [0.05, 0.1) is 0 Å². The highest BCUT2D eigenvalue weighted by Crippen LogP contribution is 2.38. The van der Waals surface area contributed by atoms with Crippen LogP contribution in [0.4, 0.5) is 4.79 Å². The van der Waals surface area contributed by atoms with Crippen LogP contribution in [-0.2, 0) is 12.8 Å². The van der Waals surface area contributed by atoms with Crippen LogP contribution >= 0.6 is 0 Å². The van der Waals surface area contributed by atoms with Gasteiger partial charge in [-0.15, -0.1) is 0 Å². The molecular formula is C16H24O4. The summed E-state index contributed by atoms with van der Waals surface area (Å²) >= 11 is 0. The molecule has 1 rings (SSSR count). The zero-order chi connectivity index (χ0) is 15.1. The van der Waals surface area contributed by atoms with Gasteiger partial charge in [0, 0.05) is 5.56 Å². The van der Waals surface area contributed by atoms with Crippen molar-refractivity contribution in [1.29, 1.82) is 0 Å². The maximum absolute atomic E-state index is 10.8. The Morgan fingerprint density at radius 1 is 1.20 bits per heavy atom. The first kappa shape index (κ1) is 16.3. The van der Waals surface area contributed by atoms with Gasteiger partial charge in [0.2, 0.25) is 0 Å². The van der Waals surface area contributed by atoms with Gasteiger partial charge in [-0.05, 0) is 37.3 Å². The maximum Gasteiger partial charge on any atom is 0.511 e. The summed E-state index contributed by atoms with van der Waals surface area (Å²) in [5, 5.41) is 19.2. The number of carboxylic acid groups (broad SMARTS) is 1. The van der Waals surface area contributed by atoms with Crippen LogP contribution < -0.4 is 4.74 Å². The summed E-state index contributed by atoms with van der Waals surface area (Å²) in [4.78, 5) is 10.8. The summed E-state index contributed by atoms with van der Waals surface area (Å²) in [7, 11) is 0. The van der Waals surface area contributed by atoms with E-state index < -0.39 is 6.16 Å². The molecule has 4 heteroatoms. The van der Waals surface area contributed by atoms with E-state index in [1.807, 2.05) is 19.9 Å². The van der Waals surface area contributed by atoms with E-state index in [4.69, 9.17) is 9.84 Å². The number of carbonyl (C=O) groups is 1. The number of benzene rings is 1. The molecule has 1 aromatic carbocycles. The fraction of sp³-hybridized carbons (Fsp3) is 0.562. The fourth-order valence-corrected chi connectivity index (χ4v) is 2.41. The Balaban J connectivity index is 3.15. The molecule has 0 radical (unpaired) electrons. The molecule has 0 bridgehead atoms. The molecule has 20 heavy (non-hydrogen) atoms. The Hall–Kier alpha value is -1.71. The summed E-state index contributed by atoms with van der Waals surface area (Å²) in [6.07, 6.45) is 4.08. The van der Waals surface area contributed by atoms with Crippen molar-refractivity contribution in [2.24, 2.45) is 0 Å². The van der Waals surface area contributed by atoms with Crippen LogP contribution in [0.1, 0.15) is 56.2 Å². The highest BCUT2D eigenvalue weighted by molar-refractivity contribution is 5.66. The van der Waals surface area contributed by atoms with Crippen molar-refractivity contribution < 1.29 is 19.7 Å². The van der Waals surface area contributed by atoms with Crippen LogP contribution in [0.15, 0.2) is 6.07 Å². The highest BCUT2D eigenvalue weighted by Gasteiger charge is 2.18. The topological polar surface area (TPSA) is 66.8 Å². The number of aryl methyl sites for hydroxylation is 2. The van der Waals surface area contributed by atoms with Crippen molar-refractivity contribution in [1.82, 2.24) is 0 Å². The molecule has 0 atom stereocenters. The van der Waals surface area contributed by atoms with Gasteiger partial charge in [0.1, 0.15) is 0 Å². The number of phenolic OH excluding ortho intramolecular Hbond substituents is 1. The summed E-state index contributed by atoms with van der Waals surface area (Å²) in [6, 6.07) is 1.93. The molecule has 1 aromatic rings. The molecule has 4 nitrogen and oxygen atoms in total. The lowest BCUT2D eigenvalue weighted by atomic mass is 9.96. The average Bonchev–Trinajstić information content (AvgIpc) is 2.38. The van der Waals surface area contributed by atoms with Crippen LogP contribution in [0.5, 0.6) is 11.5 Å². The minimum Gasteiger partial charge on any atom is -0.504 e. The average molecular weight is 280 g/mol. The van der Waals surface area contributed by atoms with Crippen LogP contribution in [0.3, 0.4) is 0 Å². The van der Waals surface area contributed by atoms with E-state index in [2.05, 4.69) is 6.92 Å². The smallest absolute Gasteiger partial charge is 0.504 e. The second kappa shape index (κ2) is 7.78. The van der Waals surface area contributed by atoms with Crippen molar-refractivity contribution in [3.63, 3.8) is 0 Å². The Bertz CT molecular complexity index is 466. The molecule has 0 aromatic heterocycles.